The molecule has 2 saturated heterocycles. The third-order valence-electron chi connectivity index (χ3n) is 6.33. The lowest BCUT2D eigenvalue weighted by Crippen LogP contribution is -2.44. The number of ether oxygens (including phenoxy) is 1. The van der Waals surface area contributed by atoms with E-state index in [1.807, 2.05) is 18.2 Å². The van der Waals surface area contributed by atoms with Crippen molar-refractivity contribution in [2.45, 2.75) is 18.9 Å². The zero-order valence-electron chi connectivity index (χ0n) is 18.4. The third kappa shape index (κ3) is 3.76. The average Bonchev–Trinajstić information content (AvgIpc) is 3.55. The van der Waals surface area contributed by atoms with E-state index in [0.717, 1.165) is 55.1 Å². The molecule has 6 rings (SSSR count). The fraction of sp³-hybridized carbons (Fsp3) is 0.391. The van der Waals surface area contributed by atoms with Gasteiger partial charge in [-0.1, -0.05) is 0 Å². The quantitative estimate of drug-likeness (QED) is 0.495. The van der Waals surface area contributed by atoms with Crippen molar-refractivity contribution >= 4 is 28.3 Å². The SMILES string of the molecule is CN1CCN(c2nccc3oc(-c4cnc5ccc(OC[C@H]6CCC(=O)N6)nn45)cc23)CC1. The van der Waals surface area contributed by atoms with Gasteiger partial charge in [0.05, 0.1) is 17.6 Å². The molecule has 0 saturated carbocycles. The Morgan fingerprint density at radius 2 is 2.06 bits per heavy atom. The van der Waals surface area contributed by atoms with Crippen molar-refractivity contribution in [3.05, 3.63) is 36.7 Å². The van der Waals surface area contributed by atoms with Gasteiger partial charge in [0.25, 0.3) is 0 Å². The number of piperazine rings is 1. The van der Waals surface area contributed by atoms with Gasteiger partial charge in [0.1, 0.15) is 23.7 Å². The fourth-order valence-electron chi connectivity index (χ4n) is 4.44. The molecule has 2 aliphatic heterocycles. The zero-order valence-corrected chi connectivity index (χ0v) is 18.4. The first-order valence-corrected chi connectivity index (χ1v) is 11.2. The van der Waals surface area contributed by atoms with E-state index in [4.69, 9.17) is 9.15 Å². The van der Waals surface area contributed by atoms with E-state index in [9.17, 15) is 4.79 Å². The number of imidazole rings is 1. The summed E-state index contributed by atoms with van der Waals surface area (Å²) in [7, 11) is 2.14. The van der Waals surface area contributed by atoms with E-state index in [1.54, 1.807) is 23.0 Å². The van der Waals surface area contributed by atoms with Crippen LogP contribution in [-0.4, -0.2) is 76.3 Å². The van der Waals surface area contributed by atoms with Gasteiger partial charge in [0.15, 0.2) is 11.4 Å². The summed E-state index contributed by atoms with van der Waals surface area (Å²) in [5.41, 5.74) is 2.22. The summed E-state index contributed by atoms with van der Waals surface area (Å²) >= 11 is 0. The second kappa shape index (κ2) is 8.04. The normalized spacial score (nSPS) is 19.5. The van der Waals surface area contributed by atoms with E-state index in [0.29, 0.717) is 30.3 Å². The molecule has 4 aromatic heterocycles. The molecule has 10 heteroatoms. The van der Waals surface area contributed by atoms with Crippen LogP contribution in [0.4, 0.5) is 5.82 Å². The Bertz CT molecular complexity index is 1320. The topological polar surface area (TPSA) is 101 Å². The van der Waals surface area contributed by atoms with Crippen LogP contribution in [0.5, 0.6) is 5.88 Å². The van der Waals surface area contributed by atoms with Crippen molar-refractivity contribution < 1.29 is 13.9 Å². The molecular weight excluding hydrogens is 422 g/mol. The van der Waals surface area contributed by atoms with Gasteiger partial charge < -0.3 is 24.3 Å². The van der Waals surface area contributed by atoms with Gasteiger partial charge in [-0.3, -0.25) is 4.79 Å². The number of nitrogens with zero attached hydrogens (tertiary/aromatic N) is 6. The number of aromatic nitrogens is 4. The first-order valence-electron chi connectivity index (χ1n) is 11.2. The molecule has 0 unspecified atom stereocenters. The lowest BCUT2D eigenvalue weighted by Gasteiger charge is -2.33. The van der Waals surface area contributed by atoms with Crippen molar-refractivity contribution in [1.82, 2.24) is 29.8 Å². The van der Waals surface area contributed by atoms with E-state index < -0.39 is 0 Å². The number of pyridine rings is 1. The van der Waals surface area contributed by atoms with Crippen LogP contribution < -0.4 is 15.0 Å². The summed E-state index contributed by atoms with van der Waals surface area (Å²) in [5, 5.41) is 8.50. The van der Waals surface area contributed by atoms with Crippen LogP contribution in [0.3, 0.4) is 0 Å². The van der Waals surface area contributed by atoms with Crippen molar-refractivity contribution in [1.29, 1.82) is 0 Å². The fourth-order valence-corrected chi connectivity index (χ4v) is 4.44. The van der Waals surface area contributed by atoms with Gasteiger partial charge in [-0.2, -0.15) is 0 Å². The summed E-state index contributed by atoms with van der Waals surface area (Å²) < 4.78 is 13.8. The Hall–Kier alpha value is -3.66. The van der Waals surface area contributed by atoms with Crippen molar-refractivity contribution in [2.24, 2.45) is 0 Å². The van der Waals surface area contributed by atoms with Gasteiger partial charge in [0.2, 0.25) is 11.8 Å². The monoisotopic (exact) mass is 447 g/mol. The molecule has 0 aromatic carbocycles. The van der Waals surface area contributed by atoms with E-state index in [1.165, 1.54) is 0 Å². The first kappa shape index (κ1) is 20.0. The van der Waals surface area contributed by atoms with Gasteiger partial charge in [-0.25, -0.2) is 14.5 Å². The van der Waals surface area contributed by atoms with Crippen LogP contribution in [0.1, 0.15) is 12.8 Å². The number of carbonyl (C=O) groups is 1. The van der Waals surface area contributed by atoms with Crippen LogP contribution in [0, 0.1) is 0 Å². The van der Waals surface area contributed by atoms with E-state index in [2.05, 4.69) is 37.2 Å². The number of furan rings is 1. The second-order valence-electron chi connectivity index (χ2n) is 8.65. The molecule has 1 N–H and O–H groups in total. The molecule has 10 nitrogen and oxygen atoms in total. The number of fused-ring (bicyclic) bond motifs is 2. The maximum absolute atomic E-state index is 11.4. The lowest BCUT2D eigenvalue weighted by molar-refractivity contribution is -0.119. The largest absolute Gasteiger partial charge is 0.474 e. The summed E-state index contributed by atoms with van der Waals surface area (Å²) in [4.78, 5) is 25.2. The summed E-state index contributed by atoms with van der Waals surface area (Å²) in [6.07, 6.45) is 4.87. The van der Waals surface area contributed by atoms with Crippen LogP contribution >= 0.6 is 0 Å². The summed E-state index contributed by atoms with van der Waals surface area (Å²) in [6.45, 7) is 4.27. The Kier molecular flexibility index (Phi) is 4.87. The minimum Gasteiger partial charge on any atom is -0.474 e. The van der Waals surface area contributed by atoms with Crippen molar-refractivity contribution in [2.75, 3.05) is 44.7 Å². The van der Waals surface area contributed by atoms with Crippen LogP contribution in [0.2, 0.25) is 0 Å². The number of anilines is 1. The molecule has 1 atom stereocenters. The highest BCUT2D eigenvalue weighted by Gasteiger charge is 2.22. The highest BCUT2D eigenvalue weighted by atomic mass is 16.5. The molecular formula is C23H25N7O3. The molecule has 0 spiro atoms. The molecule has 170 valence electrons. The molecule has 2 aliphatic rings. The highest BCUT2D eigenvalue weighted by molar-refractivity contribution is 5.92. The van der Waals surface area contributed by atoms with Crippen LogP contribution in [0.25, 0.3) is 28.1 Å². The van der Waals surface area contributed by atoms with Crippen LogP contribution in [0.15, 0.2) is 41.1 Å². The highest BCUT2D eigenvalue weighted by Crippen LogP contribution is 2.33. The van der Waals surface area contributed by atoms with Gasteiger partial charge in [-0.15, -0.1) is 5.10 Å². The van der Waals surface area contributed by atoms with Crippen molar-refractivity contribution in [3.63, 3.8) is 0 Å². The molecule has 6 heterocycles. The molecule has 1 amide bonds. The first-order chi connectivity index (χ1) is 16.1. The predicted octanol–water partition coefficient (Wildman–Crippen LogP) is 1.95. The third-order valence-corrected chi connectivity index (χ3v) is 6.33. The van der Waals surface area contributed by atoms with Gasteiger partial charge in [0, 0.05) is 44.9 Å². The lowest BCUT2D eigenvalue weighted by atomic mass is 10.2. The Morgan fingerprint density at radius 1 is 1.18 bits per heavy atom. The second-order valence-corrected chi connectivity index (χ2v) is 8.65. The molecule has 2 fully saturated rings. The van der Waals surface area contributed by atoms with E-state index in [-0.39, 0.29) is 11.9 Å². The Balaban J connectivity index is 1.30. The standard InChI is InChI=1S/C23H25N7O3/c1-28-8-10-29(11-9-28)23-16-12-19(33-18(16)6-7-24-23)17-13-25-20-3-5-22(27-30(17)20)32-14-15-2-4-21(31)26-15/h3,5-7,12-13,15H,2,4,8-11,14H2,1H3,(H,26,31)/t15-/m1/s1. The molecule has 0 radical (unpaired) electrons. The Labute approximate surface area is 190 Å². The molecule has 4 aromatic rings. The minimum absolute atomic E-state index is 0.0214. The average molecular weight is 447 g/mol. The van der Waals surface area contributed by atoms with Gasteiger partial charge >= 0.3 is 0 Å². The molecule has 0 aliphatic carbocycles. The maximum atomic E-state index is 11.4. The number of rotatable bonds is 5. The number of hydrogen-bond donors (Lipinski definition) is 1. The summed E-state index contributed by atoms with van der Waals surface area (Å²) in [6, 6.07) is 7.58. The predicted molar refractivity (Wildman–Crippen MR) is 122 cm³/mol. The van der Waals surface area contributed by atoms with E-state index >= 15 is 0 Å². The summed E-state index contributed by atoms with van der Waals surface area (Å²) in [5.74, 6) is 2.16. The molecule has 33 heavy (non-hydrogen) atoms. The Morgan fingerprint density at radius 3 is 2.88 bits per heavy atom. The number of nitrogens with one attached hydrogen (secondary N) is 1. The minimum atomic E-state index is 0.0214. The van der Waals surface area contributed by atoms with Gasteiger partial charge in [-0.05, 0) is 31.7 Å². The number of carbonyl (C=O) groups excluding carboxylic acids is 1. The number of hydrogen-bond acceptors (Lipinski definition) is 8. The molecule has 0 bridgehead atoms. The smallest absolute Gasteiger partial charge is 0.231 e. The number of amides is 1. The van der Waals surface area contributed by atoms with Crippen molar-refractivity contribution in [3.8, 4) is 17.3 Å². The van der Waals surface area contributed by atoms with Crippen LogP contribution in [-0.2, 0) is 4.79 Å². The number of likely N-dealkylation sites (N-methyl/N-ethyl adjacent to an activating group) is 1. The maximum Gasteiger partial charge on any atom is 0.231 e. The zero-order chi connectivity index (χ0) is 22.4.